The Balaban J connectivity index is 2.06. The van der Waals surface area contributed by atoms with Gasteiger partial charge in [0.25, 0.3) is 0 Å². The van der Waals surface area contributed by atoms with E-state index < -0.39 is 0 Å². The minimum absolute atomic E-state index is 0.123. The zero-order valence-corrected chi connectivity index (χ0v) is 9.67. The van der Waals surface area contributed by atoms with Crippen LogP contribution in [0.4, 0.5) is 0 Å². The summed E-state index contributed by atoms with van der Waals surface area (Å²) in [6, 6.07) is 7.50. The second kappa shape index (κ2) is 4.33. The lowest BCUT2D eigenvalue weighted by atomic mass is 10.3. The van der Waals surface area contributed by atoms with Crippen LogP contribution in [0.3, 0.4) is 0 Å². The molecule has 3 N–H and O–H groups in total. The van der Waals surface area contributed by atoms with E-state index in [9.17, 15) is 0 Å². The highest BCUT2D eigenvalue weighted by Gasteiger charge is 2.08. The number of rotatable bonds is 2. The number of hydrogen-bond acceptors (Lipinski definition) is 6. The molecule has 0 aliphatic heterocycles. The SMILES string of the molecule is NC(=NO)c1ncn(-c2cnc3ccccc3n2)n1. The number of oxime groups is 1. The zero-order chi connectivity index (χ0) is 13.2. The number of para-hydroxylation sites is 2. The Morgan fingerprint density at radius 3 is 2.79 bits per heavy atom. The van der Waals surface area contributed by atoms with Gasteiger partial charge in [-0.1, -0.05) is 17.3 Å². The molecule has 0 atom stereocenters. The number of hydrogen-bond donors (Lipinski definition) is 2. The molecule has 3 aromatic rings. The lowest BCUT2D eigenvalue weighted by Crippen LogP contribution is -2.15. The van der Waals surface area contributed by atoms with Crippen molar-refractivity contribution in [2.24, 2.45) is 10.9 Å². The summed E-state index contributed by atoms with van der Waals surface area (Å²) in [6.07, 6.45) is 3.00. The molecular formula is C11H9N7O. The largest absolute Gasteiger partial charge is 0.409 e. The Kier molecular flexibility index (Phi) is 2.53. The second-order valence-electron chi connectivity index (χ2n) is 3.71. The van der Waals surface area contributed by atoms with E-state index in [-0.39, 0.29) is 11.7 Å². The van der Waals surface area contributed by atoms with E-state index in [0.717, 1.165) is 11.0 Å². The molecule has 2 heterocycles. The van der Waals surface area contributed by atoms with Crippen molar-refractivity contribution in [2.75, 3.05) is 0 Å². The normalized spacial score (nSPS) is 11.9. The molecule has 19 heavy (non-hydrogen) atoms. The van der Waals surface area contributed by atoms with Crippen LogP contribution in [0.1, 0.15) is 5.82 Å². The number of fused-ring (bicyclic) bond motifs is 1. The summed E-state index contributed by atoms with van der Waals surface area (Å²) in [7, 11) is 0. The van der Waals surface area contributed by atoms with Crippen molar-refractivity contribution >= 4 is 16.9 Å². The molecule has 0 spiro atoms. The van der Waals surface area contributed by atoms with Crippen LogP contribution in [0.2, 0.25) is 0 Å². The van der Waals surface area contributed by atoms with Gasteiger partial charge in [0.05, 0.1) is 17.2 Å². The molecule has 0 radical (unpaired) electrons. The predicted molar refractivity (Wildman–Crippen MR) is 67.0 cm³/mol. The quantitative estimate of drug-likeness (QED) is 0.294. The summed E-state index contributed by atoms with van der Waals surface area (Å²) in [5.41, 5.74) is 6.95. The first-order valence-electron chi connectivity index (χ1n) is 5.39. The van der Waals surface area contributed by atoms with Crippen LogP contribution in [0.5, 0.6) is 0 Å². The van der Waals surface area contributed by atoms with Gasteiger partial charge in [0.15, 0.2) is 5.82 Å². The summed E-state index contributed by atoms with van der Waals surface area (Å²) in [5.74, 6) is 0.466. The highest BCUT2D eigenvalue weighted by atomic mass is 16.4. The third kappa shape index (κ3) is 1.95. The molecular weight excluding hydrogens is 246 g/mol. The summed E-state index contributed by atoms with van der Waals surface area (Å²) in [4.78, 5) is 12.6. The van der Waals surface area contributed by atoms with Crippen molar-refractivity contribution in [3.05, 3.63) is 42.6 Å². The maximum absolute atomic E-state index is 8.56. The first-order valence-corrected chi connectivity index (χ1v) is 5.39. The van der Waals surface area contributed by atoms with Crippen molar-refractivity contribution in [3.63, 3.8) is 0 Å². The van der Waals surface area contributed by atoms with Gasteiger partial charge in [-0.25, -0.2) is 14.6 Å². The average Bonchev–Trinajstić information content (AvgIpc) is 2.95. The highest BCUT2D eigenvalue weighted by molar-refractivity contribution is 5.93. The summed E-state index contributed by atoms with van der Waals surface area (Å²) < 4.78 is 1.41. The summed E-state index contributed by atoms with van der Waals surface area (Å²) >= 11 is 0. The average molecular weight is 255 g/mol. The third-order valence-corrected chi connectivity index (χ3v) is 2.50. The van der Waals surface area contributed by atoms with Crippen LogP contribution in [0.15, 0.2) is 41.9 Å². The summed E-state index contributed by atoms with van der Waals surface area (Å²) in [5, 5.41) is 15.4. The fourth-order valence-electron chi connectivity index (χ4n) is 1.59. The minimum Gasteiger partial charge on any atom is -0.409 e. The number of nitrogens with zero attached hydrogens (tertiary/aromatic N) is 6. The first-order chi connectivity index (χ1) is 9.28. The van der Waals surface area contributed by atoms with E-state index in [4.69, 9.17) is 10.9 Å². The number of aromatic nitrogens is 5. The minimum atomic E-state index is -0.160. The number of amidine groups is 1. The Morgan fingerprint density at radius 1 is 1.21 bits per heavy atom. The molecule has 94 valence electrons. The molecule has 3 rings (SSSR count). The molecule has 2 aromatic heterocycles. The Hall–Kier alpha value is -3.03. The van der Waals surface area contributed by atoms with Gasteiger partial charge < -0.3 is 10.9 Å². The van der Waals surface area contributed by atoms with Gasteiger partial charge in [0.2, 0.25) is 11.7 Å². The van der Waals surface area contributed by atoms with Crippen LogP contribution < -0.4 is 5.73 Å². The Morgan fingerprint density at radius 2 is 2.00 bits per heavy atom. The van der Waals surface area contributed by atoms with Crippen LogP contribution in [0.25, 0.3) is 16.9 Å². The van der Waals surface area contributed by atoms with Crippen LogP contribution in [-0.4, -0.2) is 35.8 Å². The van der Waals surface area contributed by atoms with Gasteiger partial charge in [-0.15, -0.1) is 5.10 Å². The molecule has 0 saturated heterocycles. The van der Waals surface area contributed by atoms with Gasteiger partial charge >= 0.3 is 0 Å². The maximum Gasteiger partial charge on any atom is 0.220 e. The molecule has 0 saturated carbocycles. The van der Waals surface area contributed by atoms with Crippen molar-refractivity contribution < 1.29 is 5.21 Å². The third-order valence-electron chi connectivity index (χ3n) is 2.50. The topological polar surface area (TPSA) is 115 Å². The van der Waals surface area contributed by atoms with Gasteiger partial charge in [-0.3, -0.25) is 4.98 Å². The first kappa shape index (κ1) is 11.1. The lowest BCUT2D eigenvalue weighted by Gasteiger charge is -2.00. The van der Waals surface area contributed by atoms with Crippen molar-refractivity contribution in [1.82, 2.24) is 24.7 Å². The van der Waals surface area contributed by atoms with E-state index >= 15 is 0 Å². The maximum atomic E-state index is 8.56. The standard InChI is InChI=1S/C11H9N7O/c12-10(17-19)11-14-6-18(16-11)9-5-13-7-3-1-2-4-8(7)15-9/h1-6,19H,(H2,12,17). The summed E-state index contributed by atoms with van der Waals surface area (Å²) in [6.45, 7) is 0. The second-order valence-corrected chi connectivity index (χ2v) is 3.71. The molecule has 0 fully saturated rings. The van der Waals surface area contributed by atoms with Crippen molar-refractivity contribution in [2.45, 2.75) is 0 Å². The smallest absolute Gasteiger partial charge is 0.220 e. The zero-order valence-electron chi connectivity index (χ0n) is 9.67. The predicted octanol–water partition coefficient (Wildman–Crippen LogP) is 0.305. The van der Waals surface area contributed by atoms with Gasteiger partial charge in [0.1, 0.15) is 6.33 Å². The van der Waals surface area contributed by atoms with Crippen LogP contribution in [-0.2, 0) is 0 Å². The molecule has 8 heteroatoms. The van der Waals surface area contributed by atoms with E-state index in [0.29, 0.717) is 5.82 Å². The monoisotopic (exact) mass is 255 g/mol. The van der Waals surface area contributed by atoms with E-state index in [1.165, 1.54) is 11.0 Å². The van der Waals surface area contributed by atoms with Gasteiger partial charge in [-0.2, -0.15) is 0 Å². The molecule has 0 aliphatic rings. The van der Waals surface area contributed by atoms with E-state index in [2.05, 4.69) is 25.2 Å². The fourth-order valence-corrected chi connectivity index (χ4v) is 1.59. The molecule has 0 aliphatic carbocycles. The van der Waals surface area contributed by atoms with E-state index in [1.807, 2.05) is 24.3 Å². The van der Waals surface area contributed by atoms with Gasteiger partial charge in [-0.05, 0) is 12.1 Å². The lowest BCUT2D eigenvalue weighted by molar-refractivity contribution is 0.318. The Labute approximate surface area is 107 Å². The highest BCUT2D eigenvalue weighted by Crippen LogP contribution is 2.10. The van der Waals surface area contributed by atoms with E-state index in [1.54, 1.807) is 6.20 Å². The Bertz CT molecular complexity index is 764. The van der Waals surface area contributed by atoms with Crippen molar-refractivity contribution in [3.8, 4) is 5.82 Å². The fraction of sp³-hybridized carbons (Fsp3) is 0. The van der Waals surface area contributed by atoms with Crippen molar-refractivity contribution in [1.29, 1.82) is 0 Å². The number of benzene rings is 1. The molecule has 8 nitrogen and oxygen atoms in total. The molecule has 0 amide bonds. The van der Waals surface area contributed by atoms with Gasteiger partial charge in [0, 0.05) is 0 Å². The molecule has 0 unspecified atom stereocenters. The molecule has 1 aromatic carbocycles. The van der Waals surface area contributed by atoms with Crippen LogP contribution in [0, 0.1) is 0 Å². The number of nitrogens with two attached hydrogens (primary N) is 1. The molecule has 0 bridgehead atoms. The van der Waals surface area contributed by atoms with Crippen LogP contribution >= 0.6 is 0 Å².